The molecule has 0 aliphatic carbocycles. The van der Waals surface area contributed by atoms with E-state index >= 15 is 0 Å². The Balaban J connectivity index is 2.88. The zero-order chi connectivity index (χ0) is 8.72. The van der Waals surface area contributed by atoms with Gasteiger partial charge in [-0.05, 0) is 26.0 Å². The first-order valence-corrected chi connectivity index (χ1v) is 4.08. The molecule has 0 amide bonds. The van der Waals surface area contributed by atoms with Gasteiger partial charge in [-0.25, -0.2) is 4.98 Å². The van der Waals surface area contributed by atoms with Crippen molar-refractivity contribution in [3.05, 3.63) is 28.7 Å². The summed E-state index contributed by atoms with van der Waals surface area (Å²) in [5.41, 5.74) is 1.67. The number of aryl methyl sites for hydroxylation is 2. The van der Waals surface area contributed by atoms with Crippen LogP contribution in [0.15, 0.2) is 16.5 Å². The number of fused-ring (bicyclic) bond motifs is 1. The fourth-order valence-electron chi connectivity index (χ4n) is 1.30. The molecule has 0 N–H and O–H groups in total. The Morgan fingerprint density at radius 1 is 1.33 bits per heavy atom. The molecular weight excluding hydrogens is 174 g/mol. The van der Waals surface area contributed by atoms with E-state index in [1.165, 1.54) is 0 Å². The molecule has 3 heteroatoms. The molecule has 0 aromatic carbocycles. The average molecular weight is 182 g/mol. The molecule has 2 heterocycles. The van der Waals surface area contributed by atoms with E-state index in [9.17, 15) is 0 Å². The molecule has 12 heavy (non-hydrogen) atoms. The molecule has 0 saturated heterocycles. The van der Waals surface area contributed by atoms with Gasteiger partial charge in [-0.2, -0.15) is 0 Å². The van der Waals surface area contributed by atoms with Crippen LogP contribution in [0.1, 0.15) is 11.5 Å². The summed E-state index contributed by atoms with van der Waals surface area (Å²) in [5.74, 6) is 0.886. The van der Waals surface area contributed by atoms with Crippen LogP contribution in [-0.2, 0) is 0 Å². The van der Waals surface area contributed by atoms with E-state index in [0.29, 0.717) is 5.15 Å². The van der Waals surface area contributed by atoms with Crippen molar-refractivity contribution in [2.75, 3.05) is 0 Å². The Morgan fingerprint density at radius 3 is 2.83 bits per heavy atom. The normalized spacial score (nSPS) is 10.9. The highest BCUT2D eigenvalue weighted by atomic mass is 35.5. The van der Waals surface area contributed by atoms with Gasteiger partial charge >= 0.3 is 0 Å². The van der Waals surface area contributed by atoms with Crippen LogP contribution in [-0.4, -0.2) is 4.98 Å². The third kappa shape index (κ3) is 1.08. The molecule has 2 aromatic heterocycles. The van der Waals surface area contributed by atoms with Crippen molar-refractivity contribution < 1.29 is 4.42 Å². The van der Waals surface area contributed by atoms with Gasteiger partial charge < -0.3 is 4.42 Å². The molecule has 0 aliphatic heterocycles. The fraction of sp³-hybridized carbons (Fsp3) is 0.222. The van der Waals surface area contributed by atoms with Gasteiger partial charge in [0.05, 0.1) is 5.69 Å². The second-order valence-electron chi connectivity index (χ2n) is 2.81. The van der Waals surface area contributed by atoms with Crippen molar-refractivity contribution in [2.45, 2.75) is 13.8 Å². The summed E-state index contributed by atoms with van der Waals surface area (Å²) < 4.78 is 5.43. The molecule has 2 nitrogen and oxygen atoms in total. The van der Waals surface area contributed by atoms with Crippen LogP contribution in [0.3, 0.4) is 0 Å². The minimum Gasteiger partial charge on any atom is -0.459 e. The van der Waals surface area contributed by atoms with Gasteiger partial charge in [-0.1, -0.05) is 11.6 Å². The number of furan rings is 1. The van der Waals surface area contributed by atoms with Gasteiger partial charge in [0, 0.05) is 5.39 Å². The maximum Gasteiger partial charge on any atom is 0.155 e. The molecule has 0 bridgehead atoms. The highest BCUT2D eigenvalue weighted by Crippen LogP contribution is 2.23. The fourth-order valence-corrected chi connectivity index (χ4v) is 1.54. The van der Waals surface area contributed by atoms with E-state index in [0.717, 1.165) is 22.4 Å². The average Bonchev–Trinajstić information content (AvgIpc) is 2.29. The van der Waals surface area contributed by atoms with Crippen molar-refractivity contribution in [1.82, 2.24) is 4.98 Å². The third-order valence-corrected chi connectivity index (χ3v) is 1.96. The highest BCUT2D eigenvalue weighted by Gasteiger charge is 2.05. The lowest BCUT2D eigenvalue weighted by Gasteiger charge is -1.93. The first kappa shape index (κ1) is 7.62. The highest BCUT2D eigenvalue weighted by molar-refractivity contribution is 6.30. The lowest BCUT2D eigenvalue weighted by Crippen LogP contribution is -1.80. The van der Waals surface area contributed by atoms with E-state index in [1.807, 2.05) is 19.9 Å². The Bertz CT molecular complexity index is 433. The van der Waals surface area contributed by atoms with Gasteiger partial charge in [-0.3, -0.25) is 0 Å². The summed E-state index contributed by atoms with van der Waals surface area (Å²) in [6.45, 7) is 3.80. The van der Waals surface area contributed by atoms with Gasteiger partial charge in [-0.15, -0.1) is 0 Å². The molecule has 0 fully saturated rings. The molecule has 0 unspecified atom stereocenters. The smallest absolute Gasteiger partial charge is 0.155 e. The number of hydrogen-bond acceptors (Lipinski definition) is 2. The predicted octanol–water partition coefficient (Wildman–Crippen LogP) is 3.10. The topological polar surface area (TPSA) is 26.0 Å². The van der Waals surface area contributed by atoms with Gasteiger partial charge in [0.2, 0.25) is 0 Å². The summed E-state index contributed by atoms with van der Waals surface area (Å²) in [7, 11) is 0. The number of hydrogen-bond donors (Lipinski definition) is 0. The maximum absolute atomic E-state index is 5.78. The van der Waals surface area contributed by atoms with Crippen molar-refractivity contribution >= 4 is 22.6 Å². The molecule has 2 aromatic rings. The van der Waals surface area contributed by atoms with Crippen molar-refractivity contribution in [1.29, 1.82) is 0 Å². The zero-order valence-electron chi connectivity index (χ0n) is 6.89. The molecule has 0 atom stereocenters. The number of halogens is 1. The van der Waals surface area contributed by atoms with E-state index < -0.39 is 0 Å². The van der Waals surface area contributed by atoms with Crippen LogP contribution < -0.4 is 0 Å². The quantitative estimate of drug-likeness (QED) is 0.584. The Labute approximate surface area is 75.2 Å². The van der Waals surface area contributed by atoms with Crippen LogP contribution in [0.2, 0.25) is 5.15 Å². The third-order valence-electron chi connectivity index (χ3n) is 1.76. The first-order valence-electron chi connectivity index (χ1n) is 3.70. The maximum atomic E-state index is 5.78. The first-order chi connectivity index (χ1) is 5.66. The Kier molecular flexibility index (Phi) is 1.58. The van der Waals surface area contributed by atoms with Gasteiger partial charge in [0.15, 0.2) is 5.58 Å². The molecule has 62 valence electrons. The Morgan fingerprint density at radius 2 is 2.08 bits per heavy atom. The second-order valence-corrected chi connectivity index (χ2v) is 3.19. The monoisotopic (exact) mass is 181 g/mol. The van der Waals surface area contributed by atoms with Crippen molar-refractivity contribution in [3.63, 3.8) is 0 Å². The number of pyridine rings is 1. The van der Waals surface area contributed by atoms with Gasteiger partial charge in [0.25, 0.3) is 0 Å². The van der Waals surface area contributed by atoms with E-state index in [2.05, 4.69) is 4.98 Å². The lowest BCUT2D eigenvalue weighted by atomic mass is 10.3. The molecule has 0 aliphatic rings. The summed E-state index contributed by atoms with van der Waals surface area (Å²) in [6, 6.07) is 3.76. The molecule has 2 rings (SSSR count). The minimum absolute atomic E-state index is 0.515. The second kappa shape index (κ2) is 2.49. The van der Waals surface area contributed by atoms with Crippen LogP contribution in [0.4, 0.5) is 0 Å². The van der Waals surface area contributed by atoms with Crippen LogP contribution in [0.25, 0.3) is 11.0 Å². The molecule has 0 spiro atoms. The standard InChI is InChI=1S/C9H8ClNO/c1-5-3-7-4-8(10)11-6(2)9(7)12-5/h3-4H,1-2H3. The van der Waals surface area contributed by atoms with Crippen molar-refractivity contribution in [2.24, 2.45) is 0 Å². The van der Waals surface area contributed by atoms with E-state index in [1.54, 1.807) is 6.07 Å². The number of nitrogens with zero attached hydrogens (tertiary/aromatic N) is 1. The summed E-state index contributed by atoms with van der Waals surface area (Å²) >= 11 is 5.78. The SMILES string of the molecule is Cc1cc2cc(Cl)nc(C)c2o1. The molecule has 0 radical (unpaired) electrons. The predicted molar refractivity (Wildman–Crippen MR) is 48.5 cm³/mol. The van der Waals surface area contributed by atoms with Crippen molar-refractivity contribution in [3.8, 4) is 0 Å². The van der Waals surface area contributed by atoms with Crippen LogP contribution in [0.5, 0.6) is 0 Å². The zero-order valence-corrected chi connectivity index (χ0v) is 7.64. The minimum atomic E-state index is 0.515. The summed E-state index contributed by atoms with van der Waals surface area (Å²) in [6.07, 6.45) is 0. The number of rotatable bonds is 0. The largest absolute Gasteiger partial charge is 0.459 e. The molecular formula is C9H8ClNO. The van der Waals surface area contributed by atoms with Crippen LogP contribution >= 0.6 is 11.6 Å². The van der Waals surface area contributed by atoms with Crippen LogP contribution in [0, 0.1) is 13.8 Å². The lowest BCUT2D eigenvalue weighted by molar-refractivity contribution is 0.574. The van der Waals surface area contributed by atoms with Gasteiger partial charge in [0.1, 0.15) is 10.9 Å². The van der Waals surface area contributed by atoms with E-state index in [4.69, 9.17) is 16.0 Å². The van der Waals surface area contributed by atoms with E-state index in [-0.39, 0.29) is 0 Å². The number of aromatic nitrogens is 1. The Hall–Kier alpha value is -1.02. The summed E-state index contributed by atoms with van der Waals surface area (Å²) in [4.78, 5) is 4.09. The molecule has 0 saturated carbocycles. The summed E-state index contributed by atoms with van der Waals surface area (Å²) in [5, 5.41) is 1.53.